The molecule has 0 bridgehead atoms. The Morgan fingerprint density at radius 3 is 2.79 bits per heavy atom. The molecule has 0 aromatic carbocycles. The minimum absolute atomic E-state index is 0.108. The van der Waals surface area contributed by atoms with Crippen LogP contribution in [0.25, 0.3) is 0 Å². The Hall–Kier alpha value is -1.84. The van der Waals surface area contributed by atoms with Crippen molar-refractivity contribution < 1.29 is 19.1 Å². The zero-order chi connectivity index (χ0) is 17.9. The van der Waals surface area contributed by atoms with Crippen LogP contribution in [0.15, 0.2) is 35.1 Å². The average molecular weight is 332 g/mol. The van der Waals surface area contributed by atoms with E-state index in [1.54, 1.807) is 6.92 Å². The summed E-state index contributed by atoms with van der Waals surface area (Å²) in [5, 5.41) is 0. The summed E-state index contributed by atoms with van der Waals surface area (Å²) in [5.74, 6) is -0.706. The summed E-state index contributed by atoms with van der Waals surface area (Å²) in [6.07, 6.45) is 8.35. The van der Waals surface area contributed by atoms with Gasteiger partial charge in [0.1, 0.15) is 17.3 Å². The fourth-order valence-corrected chi connectivity index (χ4v) is 3.28. The number of carbonyl (C=O) groups is 2. The zero-order valence-electron chi connectivity index (χ0n) is 15.3. The van der Waals surface area contributed by atoms with Gasteiger partial charge >= 0.3 is 5.97 Å². The predicted octanol–water partition coefficient (Wildman–Crippen LogP) is 4.12. The van der Waals surface area contributed by atoms with Gasteiger partial charge in [-0.3, -0.25) is 9.59 Å². The van der Waals surface area contributed by atoms with Gasteiger partial charge in [0.2, 0.25) is 0 Å². The van der Waals surface area contributed by atoms with E-state index in [9.17, 15) is 9.59 Å². The monoisotopic (exact) mass is 332 g/mol. The third kappa shape index (κ3) is 3.97. The first-order valence-electron chi connectivity index (χ1n) is 8.73. The van der Waals surface area contributed by atoms with Crippen molar-refractivity contribution in [2.45, 2.75) is 59.5 Å². The molecule has 132 valence electrons. The van der Waals surface area contributed by atoms with E-state index < -0.39 is 17.5 Å². The Labute approximate surface area is 144 Å². The normalized spacial score (nSPS) is 29.0. The van der Waals surface area contributed by atoms with Crippen LogP contribution in [0.3, 0.4) is 0 Å². The minimum Gasteiger partial charge on any atom is -0.487 e. The van der Waals surface area contributed by atoms with E-state index >= 15 is 0 Å². The molecule has 0 spiro atoms. The van der Waals surface area contributed by atoms with Gasteiger partial charge in [-0.15, -0.1) is 0 Å². The molecule has 0 saturated carbocycles. The maximum atomic E-state index is 12.7. The number of rotatable bonds is 5. The van der Waals surface area contributed by atoms with Crippen LogP contribution in [0.1, 0.15) is 53.9 Å². The molecule has 2 aliphatic rings. The van der Waals surface area contributed by atoms with Gasteiger partial charge in [0.15, 0.2) is 5.78 Å². The lowest BCUT2D eigenvalue weighted by Gasteiger charge is -2.37. The highest BCUT2D eigenvalue weighted by Gasteiger charge is 2.43. The van der Waals surface area contributed by atoms with Crippen molar-refractivity contribution in [3.8, 4) is 0 Å². The molecular weight excluding hydrogens is 304 g/mol. The minimum atomic E-state index is -0.716. The van der Waals surface area contributed by atoms with Gasteiger partial charge < -0.3 is 9.47 Å². The molecule has 0 amide bonds. The van der Waals surface area contributed by atoms with Gasteiger partial charge in [0.25, 0.3) is 0 Å². The summed E-state index contributed by atoms with van der Waals surface area (Å²) >= 11 is 0. The van der Waals surface area contributed by atoms with E-state index in [0.29, 0.717) is 12.0 Å². The average Bonchev–Trinajstić information content (AvgIpc) is 2.46. The second-order valence-corrected chi connectivity index (χ2v) is 7.18. The topological polar surface area (TPSA) is 52.6 Å². The number of hydrogen-bond donors (Lipinski definition) is 0. The highest BCUT2D eigenvalue weighted by Crippen LogP contribution is 2.40. The summed E-state index contributed by atoms with van der Waals surface area (Å²) in [5.41, 5.74) is 1.42. The molecule has 0 aromatic rings. The van der Waals surface area contributed by atoms with Crippen molar-refractivity contribution in [1.29, 1.82) is 0 Å². The van der Waals surface area contributed by atoms with Crippen LogP contribution in [0.4, 0.5) is 0 Å². The Kier molecular flexibility index (Phi) is 5.68. The van der Waals surface area contributed by atoms with Crippen molar-refractivity contribution in [2.75, 3.05) is 6.61 Å². The lowest BCUT2D eigenvalue weighted by Crippen LogP contribution is -2.40. The van der Waals surface area contributed by atoms with Crippen molar-refractivity contribution >= 4 is 11.8 Å². The molecule has 24 heavy (non-hydrogen) atoms. The van der Waals surface area contributed by atoms with Gasteiger partial charge in [-0.05, 0) is 58.6 Å². The molecule has 1 aliphatic carbocycles. The number of esters is 1. The molecule has 1 heterocycles. The quantitative estimate of drug-likeness (QED) is 0.432. The van der Waals surface area contributed by atoms with Crippen molar-refractivity contribution in [3.63, 3.8) is 0 Å². The van der Waals surface area contributed by atoms with Crippen LogP contribution in [-0.2, 0) is 19.1 Å². The van der Waals surface area contributed by atoms with Gasteiger partial charge in [0.05, 0.1) is 12.2 Å². The number of hydrogen-bond acceptors (Lipinski definition) is 4. The van der Waals surface area contributed by atoms with E-state index in [1.165, 1.54) is 5.57 Å². The number of allylic oxidation sites excluding steroid dienone is 5. The van der Waals surface area contributed by atoms with E-state index in [2.05, 4.69) is 19.9 Å². The van der Waals surface area contributed by atoms with Crippen molar-refractivity contribution in [1.82, 2.24) is 0 Å². The third-order valence-corrected chi connectivity index (χ3v) is 4.62. The zero-order valence-corrected chi connectivity index (χ0v) is 15.3. The van der Waals surface area contributed by atoms with Crippen LogP contribution in [-0.4, -0.2) is 24.0 Å². The summed E-state index contributed by atoms with van der Waals surface area (Å²) < 4.78 is 11.2. The Morgan fingerprint density at radius 1 is 1.46 bits per heavy atom. The third-order valence-electron chi connectivity index (χ3n) is 4.62. The molecule has 0 radical (unpaired) electrons. The van der Waals surface area contributed by atoms with Gasteiger partial charge in [-0.25, -0.2) is 0 Å². The lowest BCUT2D eigenvalue weighted by molar-refractivity contribution is -0.153. The molecule has 0 N–H and O–H groups in total. The second-order valence-electron chi connectivity index (χ2n) is 7.18. The van der Waals surface area contributed by atoms with Crippen molar-refractivity contribution in [3.05, 3.63) is 35.1 Å². The second kappa shape index (κ2) is 7.37. The summed E-state index contributed by atoms with van der Waals surface area (Å²) in [7, 11) is 0. The van der Waals surface area contributed by atoms with Gasteiger partial charge in [0, 0.05) is 6.42 Å². The first-order chi connectivity index (χ1) is 11.3. The van der Waals surface area contributed by atoms with Crippen LogP contribution < -0.4 is 0 Å². The highest BCUT2D eigenvalue weighted by molar-refractivity contribution is 6.11. The van der Waals surface area contributed by atoms with Crippen LogP contribution >= 0.6 is 0 Å². The number of ketones is 1. The largest absolute Gasteiger partial charge is 0.487 e. The predicted molar refractivity (Wildman–Crippen MR) is 93.2 cm³/mol. The highest BCUT2D eigenvalue weighted by atomic mass is 16.5. The van der Waals surface area contributed by atoms with E-state index in [0.717, 1.165) is 18.6 Å². The molecule has 0 saturated heterocycles. The maximum Gasteiger partial charge on any atom is 0.317 e. The Balaban J connectivity index is 2.15. The fraction of sp³-hybridized carbons (Fsp3) is 0.600. The molecule has 4 nitrogen and oxygen atoms in total. The van der Waals surface area contributed by atoms with E-state index in [4.69, 9.17) is 9.47 Å². The molecule has 4 heteroatoms. The van der Waals surface area contributed by atoms with E-state index in [1.807, 2.05) is 26.0 Å². The maximum absolute atomic E-state index is 12.7. The molecule has 2 rings (SSSR count). The molecule has 0 aromatic heterocycles. The van der Waals surface area contributed by atoms with E-state index in [-0.39, 0.29) is 18.3 Å². The summed E-state index contributed by atoms with van der Waals surface area (Å²) in [6.45, 7) is 10.2. The van der Waals surface area contributed by atoms with Gasteiger partial charge in [-0.1, -0.05) is 18.6 Å². The first kappa shape index (κ1) is 18.5. The number of Topliss-reactive ketones (excluding diaryl/α,β-unsaturated/α-hetero) is 1. The summed E-state index contributed by atoms with van der Waals surface area (Å²) in [6, 6.07) is 0. The van der Waals surface area contributed by atoms with Crippen LogP contribution in [0, 0.1) is 11.8 Å². The standard InChI is InChI=1S/C20H28O4/c1-6-23-19(22)17-14(4)12-16-15(18(17)21)9-11-20(5,24-16)10-7-8-13(2)3/h8-9,11,14,17H,6-7,10,12H2,1-5H3. The van der Waals surface area contributed by atoms with Crippen LogP contribution in [0.2, 0.25) is 0 Å². The molecule has 0 fully saturated rings. The van der Waals surface area contributed by atoms with Crippen LogP contribution in [0.5, 0.6) is 0 Å². The molecule has 1 aliphatic heterocycles. The lowest BCUT2D eigenvalue weighted by atomic mass is 9.77. The summed E-state index contributed by atoms with van der Waals surface area (Å²) in [4.78, 5) is 24.8. The van der Waals surface area contributed by atoms with Gasteiger partial charge in [-0.2, -0.15) is 0 Å². The Morgan fingerprint density at radius 2 is 2.17 bits per heavy atom. The SMILES string of the molecule is CCOC(=O)C1C(=O)C2=C(CC1C)OC(C)(CCC=C(C)C)C=C2. The fourth-order valence-electron chi connectivity index (χ4n) is 3.28. The smallest absolute Gasteiger partial charge is 0.317 e. The number of carbonyl (C=O) groups excluding carboxylic acids is 2. The first-order valence-corrected chi connectivity index (χ1v) is 8.73. The molecule has 3 atom stereocenters. The Bertz CT molecular complexity index is 607. The molecule has 3 unspecified atom stereocenters. The molecular formula is C20H28O4. The number of ether oxygens (including phenoxy) is 2. The van der Waals surface area contributed by atoms with Crippen molar-refractivity contribution in [2.24, 2.45) is 11.8 Å².